The summed E-state index contributed by atoms with van der Waals surface area (Å²) >= 11 is 0. The molecule has 0 aromatic heterocycles. The molecule has 0 saturated heterocycles. The molecule has 0 aliphatic heterocycles. The van der Waals surface area contributed by atoms with Crippen LogP contribution in [0.3, 0.4) is 0 Å². The first-order valence-corrected chi connectivity index (χ1v) is 7.57. The Morgan fingerprint density at radius 1 is 1.33 bits per heavy atom. The number of rotatable bonds is 5. The Bertz CT molecular complexity index is 499. The number of benzene rings is 1. The van der Waals surface area contributed by atoms with Crippen molar-refractivity contribution in [3.8, 4) is 0 Å². The van der Waals surface area contributed by atoms with Crippen LogP contribution in [0.5, 0.6) is 0 Å². The van der Waals surface area contributed by atoms with Gasteiger partial charge in [0.2, 0.25) is 5.91 Å². The third-order valence-electron chi connectivity index (χ3n) is 4.42. The molecule has 1 atom stereocenters. The Labute approximate surface area is 126 Å². The van der Waals surface area contributed by atoms with E-state index in [2.05, 4.69) is 26.1 Å². The standard InChI is InChI=1S/C17H26N2O2/c1-16(2,3)14(8-11-20)19-15(21)17(9-10-17)12-4-6-13(18)7-5-12/h4-7,14,20H,8-11,18H2,1-3H3,(H,19,21). The summed E-state index contributed by atoms with van der Waals surface area (Å²) in [6.45, 7) is 6.32. The van der Waals surface area contributed by atoms with E-state index in [1.165, 1.54) is 0 Å². The molecule has 4 heteroatoms. The number of nitrogens with two attached hydrogens (primary N) is 1. The van der Waals surface area contributed by atoms with Gasteiger partial charge in [-0.3, -0.25) is 4.79 Å². The van der Waals surface area contributed by atoms with E-state index in [4.69, 9.17) is 5.73 Å². The molecule has 0 spiro atoms. The highest BCUT2D eigenvalue weighted by atomic mass is 16.3. The molecule has 1 aromatic rings. The number of anilines is 1. The van der Waals surface area contributed by atoms with Gasteiger partial charge in [0.05, 0.1) is 5.41 Å². The molecule has 4 N–H and O–H groups in total. The molecule has 1 fully saturated rings. The minimum atomic E-state index is -0.396. The third kappa shape index (κ3) is 3.38. The van der Waals surface area contributed by atoms with E-state index < -0.39 is 5.41 Å². The molecule has 116 valence electrons. The largest absolute Gasteiger partial charge is 0.399 e. The summed E-state index contributed by atoms with van der Waals surface area (Å²) in [6, 6.07) is 7.55. The lowest BCUT2D eigenvalue weighted by Crippen LogP contribution is -2.48. The Morgan fingerprint density at radius 3 is 2.33 bits per heavy atom. The summed E-state index contributed by atoms with van der Waals surface area (Å²) in [4.78, 5) is 12.7. The lowest BCUT2D eigenvalue weighted by atomic mass is 9.84. The van der Waals surface area contributed by atoms with Crippen LogP contribution in [-0.2, 0) is 10.2 Å². The summed E-state index contributed by atoms with van der Waals surface area (Å²) in [5.74, 6) is 0.0700. The van der Waals surface area contributed by atoms with Gasteiger partial charge in [0.25, 0.3) is 0 Å². The van der Waals surface area contributed by atoms with Crippen LogP contribution in [0.25, 0.3) is 0 Å². The molecular weight excluding hydrogens is 264 g/mol. The summed E-state index contributed by atoms with van der Waals surface area (Å²) in [5, 5.41) is 12.4. The molecule has 1 aliphatic carbocycles. The first kappa shape index (κ1) is 15.8. The molecule has 2 rings (SSSR count). The van der Waals surface area contributed by atoms with Gasteiger partial charge >= 0.3 is 0 Å². The summed E-state index contributed by atoms with van der Waals surface area (Å²) < 4.78 is 0. The topological polar surface area (TPSA) is 75.3 Å². The number of nitrogen functional groups attached to an aromatic ring is 1. The highest BCUT2D eigenvalue weighted by molar-refractivity contribution is 5.91. The number of carbonyl (C=O) groups is 1. The first-order chi connectivity index (χ1) is 9.79. The van der Waals surface area contributed by atoms with Gasteiger partial charge in [-0.2, -0.15) is 0 Å². The molecule has 0 bridgehead atoms. The lowest BCUT2D eigenvalue weighted by molar-refractivity contribution is -0.125. The zero-order chi connectivity index (χ0) is 15.7. The van der Waals surface area contributed by atoms with Crippen molar-refractivity contribution in [2.45, 2.75) is 51.5 Å². The van der Waals surface area contributed by atoms with Crippen molar-refractivity contribution in [3.05, 3.63) is 29.8 Å². The molecule has 21 heavy (non-hydrogen) atoms. The first-order valence-electron chi connectivity index (χ1n) is 7.57. The smallest absolute Gasteiger partial charge is 0.230 e. The van der Waals surface area contributed by atoms with Crippen LogP contribution in [0.1, 0.15) is 45.6 Å². The summed E-state index contributed by atoms with van der Waals surface area (Å²) in [7, 11) is 0. The average Bonchev–Trinajstić information content (AvgIpc) is 3.19. The molecule has 1 amide bonds. The zero-order valence-corrected chi connectivity index (χ0v) is 13.1. The number of amides is 1. The Balaban J connectivity index is 2.13. The fourth-order valence-corrected chi connectivity index (χ4v) is 2.72. The van der Waals surface area contributed by atoms with Crippen LogP contribution in [0.4, 0.5) is 5.69 Å². The van der Waals surface area contributed by atoms with Crippen molar-refractivity contribution in [1.82, 2.24) is 5.32 Å². The number of hydrogen-bond acceptors (Lipinski definition) is 3. The summed E-state index contributed by atoms with van der Waals surface area (Å²) in [6.07, 6.45) is 2.32. The lowest BCUT2D eigenvalue weighted by Gasteiger charge is -2.32. The van der Waals surface area contributed by atoms with E-state index in [1.807, 2.05) is 24.3 Å². The Morgan fingerprint density at radius 2 is 1.90 bits per heavy atom. The van der Waals surface area contributed by atoms with Gasteiger partial charge in [0, 0.05) is 18.3 Å². The van der Waals surface area contributed by atoms with Crippen molar-refractivity contribution in [2.75, 3.05) is 12.3 Å². The maximum absolute atomic E-state index is 12.7. The highest BCUT2D eigenvalue weighted by Crippen LogP contribution is 2.48. The molecule has 1 saturated carbocycles. The second kappa shape index (κ2) is 5.68. The molecule has 1 aliphatic rings. The normalized spacial score (nSPS) is 18.1. The average molecular weight is 290 g/mol. The van der Waals surface area contributed by atoms with Gasteiger partial charge < -0.3 is 16.2 Å². The van der Waals surface area contributed by atoms with E-state index in [-0.39, 0.29) is 24.0 Å². The molecule has 4 nitrogen and oxygen atoms in total. The van der Waals surface area contributed by atoms with Crippen LogP contribution in [0.15, 0.2) is 24.3 Å². The number of carbonyl (C=O) groups excluding carboxylic acids is 1. The zero-order valence-electron chi connectivity index (χ0n) is 13.1. The van der Waals surface area contributed by atoms with Crippen LogP contribution in [0, 0.1) is 5.41 Å². The Hall–Kier alpha value is -1.55. The monoisotopic (exact) mass is 290 g/mol. The predicted molar refractivity (Wildman–Crippen MR) is 84.9 cm³/mol. The van der Waals surface area contributed by atoms with E-state index in [0.29, 0.717) is 12.1 Å². The van der Waals surface area contributed by atoms with Gasteiger partial charge in [-0.05, 0) is 42.4 Å². The number of nitrogens with one attached hydrogen (secondary N) is 1. The minimum absolute atomic E-state index is 0.0266. The van der Waals surface area contributed by atoms with Gasteiger partial charge in [-0.15, -0.1) is 0 Å². The van der Waals surface area contributed by atoms with E-state index >= 15 is 0 Å². The van der Waals surface area contributed by atoms with Crippen molar-refractivity contribution in [2.24, 2.45) is 5.41 Å². The summed E-state index contributed by atoms with van der Waals surface area (Å²) in [5.41, 5.74) is 6.99. The maximum Gasteiger partial charge on any atom is 0.230 e. The molecule has 1 aromatic carbocycles. The van der Waals surface area contributed by atoms with E-state index in [9.17, 15) is 9.90 Å². The molecule has 0 radical (unpaired) electrons. The van der Waals surface area contributed by atoms with E-state index in [1.54, 1.807) is 0 Å². The van der Waals surface area contributed by atoms with Gasteiger partial charge in [-0.1, -0.05) is 32.9 Å². The van der Waals surface area contributed by atoms with Crippen LogP contribution >= 0.6 is 0 Å². The van der Waals surface area contributed by atoms with Crippen molar-refractivity contribution >= 4 is 11.6 Å². The van der Waals surface area contributed by atoms with Crippen molar-refractivity contribution in [1.29, 1.82) is 0 Å². The maximum atomic E-state index is 12.7. The van der Waals surface area contributed by atoms with Gasteiger partial charge in [-0.25, -0.2) is 0 Å². The van der Waals surface area contributed by atoms with Crippen LogP contribution in [-0.4, -0.2) is 23.7 Å². The Kier molecular flexibility index (Phi) is 4.28. The predicted octanol–water partition coefficient (Wildman–Crippen LogP) is 2.21. The molecule has 0 heterocycles. The molecule has 1 unspecified atom stereocenters. The van der Waals surface area contributed by atoms with E-state index in [0.717, 1.165) is 18.4 Å². The van der Waals surface area contributed by atoms with Crippen LogP contribution < -0.4 is 11.1 Å². The number of hydrogen-bond donors (Lipinski definition) is 3. The van der Waals surface area contributed by atoms with Crippen LogP contribution in [0.2, 0.25) is 0 Å². The van der Waals surface area contributed by atoms with Crippen molar-refractivity contribution < 1.29 is 9.90 Å². The van der Waals surface area contributed by atoms with Gasteiger partial charge in [0.1, 0.15) is 0 Å². The van der Waals surface area contributed by atoms with Crippen molar-refractivity contribution in [3.63, 3.8) is 0 Å². The fraction of sp³-hybridized carbons (Fsp3) is 0.588. The SMILES string of the molecule is CC(C)(C)C(CCO)NC(=O)C1(c2ccc(N)cc2)CC1. The second-order valence-corrected chi connectivity index (χ2v) is 7.11. The minimum Gasteiger partial charge on any atom is -0.399 e. The number of aliphatic hydroxyl groups is 1. The second-order valence-electron chi connectivity index (χ2n) is 7.11. The molecular formula is C17H26N2O2. The fourth-order valence-electron chi connectivity index (χ4n) is 2.72. The van der Waals surface area contributed by atoms with Gasteiger partial charge in [0.15, 0.2) is 0 Å². The third-order valence-corrected chi connectivity index (χ3v) is 4.42. The quantitative estimate of drug-likeness (QED) is 0.728. The highest BCUT2D eigenvalue weighted by Gasteiger charge is 2.51. The number of aliphatic hydroxyl groups excluding tert-OH is 1.